The van der Waals surface area contributed by atoms with Gasteiger partial charge in [0, 0.05) is 13.0 Å². The van der Waals surface area contributed by atoms with Gasteiger partial charge in [-0.1, -0.05) is 37.0 Å². The average molecular weight is 410 g/mol. The van der Waals surface area contributed by atoms with Gasteiger partial charge in [0.15, 0.2) is 11.5 Å². The van der Waals surface area contributed by atoms with Crippen LogP contribution in [-0.2, 0) is 14.3 Å². The zero-order chi connectivity index (χ0) is 19.8. The van der Waals surface area contributed by atoms with Crippen LogP contribution < -0.4 is 9.47 Å². The van der Waals surface area contributed by atoms with Crippen LogP contribution in [0.25, 0.3) is 6.08 Å². The standard InChI is InChI=1S/C19H23NO5S2/c1-4-10-25-14-8-7-13(11-15(14)23-2)12-16-18(22)20(19(26)27-16)9-5-6-17(21)24-3/h7-8,11-12H,4-6,9-10H2,1-3H3/b16-12-. The molecule has 1 aliphatic heterocycles. The molecule has 1 aliphatic rings. The SMILES string of the molecule is CCCOc1ccc(/C=C2\SC(=S)N(CCCC(=O)OC)C2=O)cc1OC. The van der Waals surface area contributed by atoms with Crippen LogP contribution in [0.5, 0.6) is 11.5 Å². The van der Waals surface area contributed by atoms with Crippen molar-refractivity contribution in [3.8, 4) is 11.5 Å². The topological polar surface area (TPSA) is 65.1 Å². The predicted octanol–water partition coefficient (Wildman–Crippen LogP) is 3.64. The number of thioether (sulfide) groups is 1. The Labute approximate surface area is 168 Å². The third kappa shape index (κ3) is 5.71. The van der Waals surface area contributed by atoms with Gasteiger partial charge >= 0.3 is 5.97 Å². The van der Waals surface area contributed by atoms with Crippen molar-refractivity contribution >= 4 is 46.3 Å². The van der Waals surface area contributed by atoms with Crippen LogP contribution in [0, 0.1) is 0 Å². The number of amides is 1. The fourth-order valence-corrected chi connectivity index (χ4v) is 3.74. The molecule has 0 radical (unpaired) electrons. The number of rotatable bonds is 9. The number of carbonyl (C=O) groups is 2. The number of benzene rings is 1. The van der Waals surface area contributed by atoms with Crippen LogP contribution in [0.4, 0.5) is 0 Å². The second-order valence-corrected chi connectivity index (χ2v) is 7.45. The summed E-state index contributed by atoms with van der Waals surface area (Å²) in [4.78, 5) is 25.9. The van der Waals surface area contributed by atoms with Crippen molar-refractivity contribution in [1.82, 2.24) is 4.90 Å². The van der Waals surface area contributed by atoms with Gasteiger partial charge in [0.05, 0.1) is 25.7 Å². The zero-order valence-corrected chi connectivity index (χ0v) is 17.3. The first-order valence-electron chi connectivity index (χ1n) is 8.63. The van der Waals surface area contributed by atoms with E-state index in [0.717, 1.165) is 12.0 Å². The van der Waals surface area contributed by atoms with Gasteiger partial charge in [-0.3, -0.25) is 14.5 Å². The van der Waals surface area contributed by atoms with E-state index < -0.39 is 0 Å². The number of ether oxygens (including phenoxy) is 3. The van der Waals surface area contributed by atoms with E-state index in [0.29, 0.717) is 40.3 Å². The van der Waals surface area contributed by atoms with E-state index in [9.17, 15) is 9.59 Å². The van der Waals surface area contributed by atoms with Gasteiger partial charge in [-0.15, -0.1) is 0 Å². The molecule has 2 rings (SSSR count). The Morgan fingerprint density at radius 3 is 2.74 bits per heavy atom. The smallest absolute Gasteiger partial charge is 0.305 e. The molecule has 27 heavy (non-hydrogen) atoms. The Balaban J connectivity index is 2.09. The van der Waals surface area contributed by atoms with Crippen molar-refractivity contribution < 1.29 is 23.8 Å². The average Bonchev–Trinajstić information content (AvgIpc) is 2.93. The van der Waals surface area contributed by atoms with Crippen LogP contribution in [-0.4, -0.2) is 48.5 Å². The summed E-state index contributed by atoms with van der Waals surface area (Å²) >= 11 is 6.56. The van der Waals surface area contributed by atoms with Crippen LogP contribution >= 0.6 is 24.0 Å². The van der Waals surface area contributed by atoms with Gasteiger partial charge < -0.3 is 14.2 Å². The fraction of sp³-hybridized carbons (Fsp3) is 0.421. The van der Waals surface area contributed by atoms with Crippen molar-refractivity contribution in [2.45, 2.75) is 26.2 Å². The molecule has 1 amide bonds. The summed E-state index contributed by atoms with van der Waals surface area (Å²) < 4.78 is 16.1. The molecule has 8 heteroatoms. The molecule has 0 unspecified atom stereocenters. The van der Waals surface area contributed by atoms with E-state index in [4.69, 9.17) is 21.7 Å². The summed E-state index contributed by atoms with van der Waals surface area (Å²) in [5.74, 6) is 0.839. The lowest BCUT2D eigenvalue weighted by molar-refractivity contribution is -0.141. The Bertz CT molecular complexity index is 748. The summed E-state index contributed by atoms with van der Waals surface area (Å²) in [6.45, 7) is 3.04. The fourth-order valence-electron chi connectivity index (χ4n) is 2.43. The molecule has 146 valence electrons. The minimum absolute atomic E-state index is 0.153. The summed E-state index contributed by atoms with van der Waals surface area (Å²) in [5.41, 5.74) is 0.825. The van der Waals surface area contributed by atoms with Gasteiger partial charge in [0.2, 0.25) is 0 Å². The summed E-state index contributed by atoms with van der Waals surface area (Å²) in [6, 6.07) is 5.53. The molecule has 6 nitrogen and oxygen atoms in total. The van der Waals surface area contributed by atoms with Gasteiger partial charge in [-0.25, -0.2) is 0 Å². The molecule has 0 atom stereocenters. The predicted molar refractivity (Wildman–Crippen MR) is 110 cm³/mol. The van der Waals surface area contributed by atoms with Crippen molar-refractivity contribution in [2.24, 2.45) is 0 Å². The maximum atomic E-state index is 12.6. The molecule has 1 heterocycles. The maximum absolute atomic E-state index is 12.6. The van der Waals surface area contributed by atoms with E-state index >= 15 is 0 Å². The molecule has 0 saturated carbocycles. The van der Waals surface area contributed by atoms with Crippen LogP contribution in [0.2, 0.25) is 0 Å². The molecule has 0 aliphatic carbocycles. The highest BCUT2D eigenvalue weighted by atomic mass is 32.2. The molecule has 1 fully saturated rings. The molecule has 0 aromatic heterocycles. The van der Waals surface area contributed by atoms with E-state index in [2.05, 4.69) is 4.74 Å². The number of hydrogen-bond donors (Lipinski definition) is 0. The zero-order valence-electron chi connectivity index (χ0n) is 15.6. The Hall–Kier alpha value is -2.06. The number of esters is 1. The highest BCUT2D eigenvalue weighted by Crippen LogP contribution is 2.35. The number of nitrogens with zero attached hydrogens (tertiary/aromatic N) is 1. The van der Waals surface area contributed by atoms with Crippen LogP contribution in [0.15, 0.2) is 23.1 Å². The van der Waals surface area contributed by atoms with E-state index in [-0.39, 0.29) is 18.3 Å². The van der Waals surface area contributed by atoms with Gasteiger partial charge in [0.1, 0.15) is 4.32 Å². The van der Waals surface area contributed by atoms with Crippen molar-refractivity contribution in [1.29, 1.82) is 0 Å². The number of carbonyl (C=O) groups excluding carboxylic acids is 2. The lowest BCUT2D eigenvalue weighted by Crippen LogP contribution is -2.29. The first-order valence-corrected chi connectivity index (χ1v) is 9.85. The number of methoxy groups -OCH3 is 2. The third-order valence-corrected chi connectivity index (χ3v) is 5.19. The normalized spacial score (nSPS) is 15.4. The maximum Gasteiger partial charge on any atom is 0.305 e. The number of thiocarbonyl (C=S) groups is 1. The monoisotopic (exact) mass is 409 g/mol. The van der Waals surface area contributed by atoms with Crippen molar-refractivity contribution in [3.05, 3.63) is 28.7 Å². The van der Waals surface area contributed by atoms with Crippen molar-refractivity contribution in [3.63, 3.8) is 0 Å². The second kappa shape index (κ2) is 10.3. The molecule has 0 N–H and O–H groups in total. The van der Waals surface area contributed by atoms with E-state index in [1.54, 1.807) is 13.2 Å². The minimum atomic E-state index is -0.298. The number of hydrogen-bond acceptors (Lipinski definition) is 7. The summed E-state index contributed by atoms with van der Waals surface area (Å²) in [5, 5.41) is 0. The molecule has 0 spiro atoms. The molecule has 0 bridgehead atoms. The molecule has 1 aromatic rings. The first-order chi connectivity index (χ1) is 13.0. The van der Waals surface area contributed by atoms with Crippen molar-refractivity contribution in [2.75, 3.05) is 27.4 Å². The highest BCUT2D eigenvalue weighted by Gasteiger charge is 2.31. The molecule has 1 aromatic carbocycles. The summed E-state index contributed by atoms with van der Waals surface area (Å²) in [6.07, 6.45) is 3.45. The Kier molecular flexibility index (Phi) is 8.12. The Morgan fingerprint density at radius 1 is 1.30 bits per heavy atom. The van der Waals surface area contributed by atoms with E-state index in [1.165, 1.54) is 23.8 Å². The van der Waals surface area contributed by atoms with Gasteiger partial charge in [-0.05, 0) is 36.6 Å². The Morgan fingerprint density at radius 2 is 2.07 bits per heavy atom. The molecular weight excluding hydrogens is 386 g/mol. The largest absolute Gasteiger partial charge is 0.493 e. The third-order valence-electron chi connectivity index (χ3n) is 3.81. The highest BCUT2D eigenvalue weighted by molar-refractivity contribution is 8.26. The first kappa shape index (κ1) is 21.2. The lowest BCUT2D eigenvalue weighted by Gasteiger charge is -2.13. The minimum Gasteiger partial charge on any atom is -0.493 e. The molecular formula is C19H23NO5S2. The van der Waals surface area contributed by atoms with Crippen LogP contribution in [0.3, 0.4) is 0 Å². The van der Waals surface area contributed by atoms with Crippen LogP contribution in [0.1, 0.15) is 31.7 Å². The summed E-state index contributed by atoms with van der Waals surface area (Å²) in [7, 11) is 2.93. The van der Waals surface area contributed by atoms with E-state index in [1.807, 2.05) is 25.1 Å². The quantitative estimate of drug-likeness (QED) is 0.350. The van der Waals surface area contributed by atoms with Gasteiger partial charge in [0.25, 0.3) is 5.91 Å². The van der Waals surface area contributed by atoms with Gasteiger partial charge in [-0.2, -0.15) is 0 Å². The second-order valence-electron chi connectivity index (χ2n) is 5.77. The lowest BCUT2D eigenvalue weighted by atomic mass is 10.2. The molecule has 1 saturated heterocycles.